The lowest BCUT2D eigenvalue weighted by Crippen LogP contribution is -2.37. The van der Waals surface area contributed by atoms with Crippen LogP contribution in [-0.4, -0.2) is 19.4 Å². The highest BCUT2D eigenvalue weighted by Crippen LogP contribution is 2.32. The number of nitrogens with one attached hydrogen (secondary N) is 1. The number of rotatable bonds is 4. The quantitative estimate of drug-likeness (QED) is 0.830. The Bertz CT molecular complexity index is 661. The van der Waals surface area contributed by atoms with Crippen LogP contribution in [-0.2, 0) is 10.0 Å². The van der Waals surface area contributed by atoms with E-state index in [9.17, 15) is 12.8 Å². The van der Waals surface area contributed by atoms with Crippen molar-refractivity contribution >= 4 is 27.2 Å². The highest BCUT2D eigenvalue weighted by atomic mass is 32.2. The van der Waals surface area contributed by atoms with Crippen molar-refractivity contribution in [2.45, 2.75) is 37.6 Å². The molecule has 0 radical (unpaired) electrons. The maximum Gasteiger partial charge on any atom is 0.240 e. The van der Waals surface area contributed by atoms with Crippen LogP contribution in [0.1, 0.15) is 32.3 Å². The van der Waals surface area contributed by atoms with Crippen LogP contribution >= 0.6 is 12.2 Å². The van der Waals surface area contributed by atoms with E-state index >= 15 is 0 Å². The third-order valence-corrected chi connectivity index (χ3v) is 5.99. The molecule has 116 valence electrons. The van der Waals surface area contributed by atoms with Crippen LogP contribution in [0.15, 0.2) is 23.1 Å². The molecule has 1 aromatic carbocycles. The van der Waals surface area contributed by atoms with E-state index in [0.717, 1.165) is 18.9 Å². The lowest BCUT2D eigenvalue weighted by molar-refractivity contribution is 0.402. The molecule has 0 amide bonds. The molecule has 3 N–H and O–H groups in total. The van der Waals surface area contributed by atoms with Gasteiger partial charge in [-0.05, 0) is 42.9 Å². The number of benzene rings is 1. The molecule has 1 aliphatic carbocycles. The zero-order valence-electron chi connectivity index (χ0n) is 12.0. The number of nitrogens with two attached hydrogens (primary N) is 1. The van der Waals surface area contributed by atoms with Crippen LogP contribution in [0.4, 0.5) is 4.39 Å². The van der Waals surface area contributed by atoms with E-state index in [-0.39, 0.29) is 27.4 Å². The Hall–Kier alpha value is -1.05. The lowest BCUT2D eigenvalue weighted by Gasteiger charge is -2.19. The molecule has 0 spiro atoms. The molecule has 0 heterocycles. The summed E-state index contributed by atoms with van der Waals surface area (Å²) < 4.78 is 41.1. The molecule has 0 bridgehead atoms. The van der Waals surface area contributed by atoms with Crippen LogP contribution in [0.5, 0.6) is 0 Å². The van der Waals surface area contributed by atoms with Crippen LogP contribution in [0.25, 0.3) is 0 Å². The van der Waals surface area contributed by atoms with Crippen LogP contribution in [0, 0.1) is 17.7 Å². The Morgan fingerprint density at radius 3 is 2.57 bits per heavy atom. The molecule has 3 atom stereocenters. The van der Waals surface area contributed by atoms with Gasteiger partial charge in [-0.3, -0.25) is 0 Å². The molecule has 0 saturated heterocycles. The molecule has 0 aliphatic heterocycles. The highest BCUT2D eigenvalue weighted by molar-refractivity contribution is 7.89. The molecule has 2 rings (SSSR count). The van der Waals surface area contributed by atoms with Crippen LogP contribution in [0.3, 0.4) is 0 Å². The Morgan fingerprint density at radius 1 is 1.38 bits per heavy atom. The normalized spacial score (nSPS) is 26.0. The first-order valence-electron chi connectivity index (χ1n) is 6.84. The van der Waals surface area contributed by atoms with Crippen molar-refractivity contribution in [2.75, 3.05) is 0 Å². The monoisotopic (exact) mass is 330 g/mol. The van der Waals surface area contributed by atoms with E-state index < -0.39 is 15.8 Å². The van der Waals surface area contributed by atoms with E-state index in [0.29, 0.717) is 5.92 Å². The summed E-state index contributed by atoms with van der Waals surface area (Å²) in [5, 5.41) is 0. The van der Waals surface area contributed by atoms with Crippen molar-refractivity contribution < 1.29 is 12.8 Å². The number of hydrogen-bond acceptors (Lipinski definition) is 3. The Balaban J connectivity index is 2.28. The standard InChI is InChI=1S/C14H19FN2O2S2/c1-8-3-6-13(9(8)2)17-21(18,19)10-4-5-12(15)11(7-10)14(16)20/h4-5,7-9,13,17H,3,6H2,1-2H3,(H2,16,20). The van der Waals surface area contributed by atoms with Gasteiger partial charge in [0.15, 0.2) is 0 Å². The summed E-state index contributed by atoms with van der Waals surface area (Å²) >= 11 is 4.73. The van der Waals surface area contributed by atoms with Crippen molar-refractivity contribution in [2.24, 2.45) is 17.6 Å². The van der Waals surface area contributed by atoms with Gasteiger partial charge in [-0.15, -0.1) is 0 Å². The largest absolute Gasteiger partial charge is 0.389 e. The fraction of sp³-hybridized carbons (Fsp3) is 0.500. The average Bonchev–Trinajstić information content (AvgIpc) is 2.70. The Labute approximate surface area is 130 Å². The summed E-state index contributed by atoms with van der Waals surface area (Å²) in [6.45, 7) is 4.15. The molecule has 7 heteroatoms. The lowest BCUT2D eigenvalue weighted by atomic mass is 9.98. The molecule has 1 aromatic rings. The Kier molecular flexibility index (Phi) is 4.65. The van der Waals surface area contributed by atoms with Gasteiger partial charge in [0.1, 0.15) is 10.8 Å². The SMILES string of the molecule is CC1CCC(NS(=O)(=O)c2ccc(F)c(C(N)=S)c2)C1C. The highest BCUT2D eigenvalue weighted by Gasteiger charge is 2.33. The third kappa shape index (κ3) is 3.41. The third-order valence-electron chi connectivity index (χ3n) is 4.29. The topological polar surface area (TPSA) is 72.2 Å². The fourth-order valence-corrected chi connectivity index (χ4v) is 4.20. The van der Waals surface area contributed by atoms with E-state index in [1.807, 2.05) is 6.92 Å². The predicted octanol–water partition coefficient (Wildman–Crippen LogP) is 2.17. The summed E-state index contributed by atoms with van der Waals surface area (Å²) in [6.07, 6.45) is 1.81. The Morgan fingerprint density at radius 2 is 2.05 bits per heavy atom. The van der Waals surface area contributed by atoms with E-state index in [4.69, 9.17) is 18.0 Å². The summed E-state index contributed by atoms with van der Waals surface area (Å²) in [4.78, 5) is -0.175. The van der Waals surface area contributed by atoms with Gasteiger partial charge in [0.05, 0.1) is 4.90 Å². The van der Waals surface area contributed by atoms with Crippen molar-refractivity contribution in [3.63, 3.8) is 0 Å². The summed E-state index contributed by atoms with van der Waals surface area (Å²) in [7, 11) is -3.70. The zero-order valence-corrected chi connectivity index (χ0v) is 13.6. The van der Waals surface area contributed by atoms with Gasteiger partial charge in [0.25, 0.3) is 0 Å². The van der Waals surface area contributed by atoms with Gasteiger partial charge >= 0.3 is 0 Å². The predicted molar refractivity (Wildman–Crippen MR) is 84.0 cm³/mol. The second kappa shape index (κ2) is 5.98. The average molecular weight is 330 g/mol. The molecule has 3 unspecified atom stereocenters. The first-order valence-corrected chi connectivity index (χ1v) is 8.73. The minimum absolute atomic E-state index is 0.0153. The number of halogens is 1. The number of sulfonamides is 1. The van der Waals surface area contributed by atoms with Gasteiger partial charge in [0, 0.05) is 11.6 Å². The molecule has 1 saturated carbocycles. The molecular weight excluding hydrogens is 311 g/mol. The van der Waals surface area contributed by atoms with Crippen LogP contribution in [0.2, 0.25) is 0 Å². The van der Waals surface area contributed by atoms with Crippen molar-refractivity contribution in [1.29, 1.82) is 0 Å². The second-order valence-electron chi connectivity index (χ2n) is 5.65. The van der Waals surface area contributed by atoms with E-state index in [2.05, 4.69) is 11.6 Å². The van der Waals surface area contributed by atoms with Crippen molar-refractivity contribution in [1.82, 2.24) is 4.72 Å². The molecule has 4 nitrogen and oxygen atoms in total. The summed E-state index contributed by atoms with van der Waals surface area (Å²) in [5.74, 6) is 0.137. The van der Waals surface area contributed by atoms with Gasteiger partial charge in [-0.25, -0.2) is 17.5 Å². The first-order chi connectivity index (χ1) is 9.72. The van der Waals surface area contributed by atoms with Gasteiger partial charge in [0.2, 0.25) is 10.0 Å². The number of thiocarbonyl (C=S) groups is 1. The van der Waals surface area contributed by atoms with Crippen LogP contribution < -0.4 is 10.5 Å². The summed E-state index contributed by atoms with van der Waals surface area (Å²) in [5.41, 5.74) is 5.35. The molecule has 1 aliphatic rings. The summed E-state index contributed by atoms with van der Waals surface area (Å²) in [6, 6.07) is 3.39. The van der Waals surface area contributed by atoms with Gasteiger partial charge in [-0.2, -0.15) is 0 Å². The second-order valence-corrected chi connectivity index (χ2v) is 7.80. The zero-order chi connectivity index (χ0) is 15.8. The van der Waals surface area contributed by atoms with Crippen molar-refractivity contribution in [3.05, 3.63) is 29.6 Å². The van der Waals surface area contributed by atoms with E-state index in [1.54, 1.807) is 0 Å². The maximum absolute atomic E-state index is 13.5. The smallest absolute Gasteiger partial charge is 0.240 e. The van der Waals surface area contributed by atoms with Gasteiger partial charge < -0.3 is 5.73 Å². The maximum atomic E-state index is 13.5. The molecule has 21 heavy (non-hydrogen) atoms. The first kappa shape index (κ1) is 16.3. The number of hydrogen-bond donors (Lipinski definition) is 2. The minimum Gasteiger partial charge on any atom is -0.389 e. The van der Waals surface area contributed by atoms with Crippen molar-refractivity contribution in [3.8, 4) is 0 Å². The molecule has 1 fully saturated rings. The minimum atomic E-state index is -3.70. The molecular formula is C14H19FN2O2S2. The van der Waals surface area contributed by atoms with E-state index in [1.165, 1.54) is 12.1 Å². The molecule has 0 aromatic heterocycles. The fourth-order valence-electron chi connectivity index (χ4n) is 2.66. The van der Waals surface area contributed by atoms with Gasteiger partial charge in [-0.1, -0.05) is 26.1 Å².